The van der Waals surface area contributed by atoms with Crippen LogP contribution in [0.3, 0.4) is 0 Å². The van der Waals surface area contributed by atoms with Crippen LogP contribution in [0.5, 0.6) is 5.75 Å². The highest BCUT2D eigenvalue weighted by Gasteiger charge is 2.13. The minimum atomic E-state index is -0.469. The molecular formula is C25H17BrN2O3. The highest BCUT2D eigenvalue weighted by molar-refractivity contribution is 9.10. The van der Waals surface area contributed by atoms with Gasteiger partial charge in [-0.2, -0.15) is 5.10 Å². The number of halogens is 1. The van der Waals surface area contributed by atoms with Crippen LogP contribution in [0.15, 0.2) is 101 Å². The molecule has 0 aliphatic heterocycles. The number of amides is 1. The second-order valence-corrected chi connectivity index (χ2v) is 7.58. The van der Waals surface area contributed by atoms with Crippen molar-refractivity contribution in [3.05, 3.63) is 112 Å². The van der Waals surface area contributed by atoms with Gasteiger partial charge in [-0.1, -0.05) is 70.5 Å². The van der Waals surface area contributed by atoms with E-state index in [0.717, 1.165) is 15.2 Å². The lowest BCUT2D eigenvalue weighted by Gasteiger charge is -2.10. The fourth-order valence-electron chi connectivity index (χ4n) is 3.08. The molecule has 0 saturated heterocycles. The van der Waals surface area contributed by atoms with Gasteiger partial charge >= 0.3 is 5.97 Å². The maximum atomic E-state index is 12.6. The molecule has 0 aliphatic rings. The van der Waals surface area contributed by atoms with Crippen molar-refractivity contribution < 1.29 is 14.3 Å². The minimum Gasteiger partial charge on any atom is -0.422 e. The van der Waals surface area contributed by atoms with Gasteiger partial charge in [-0.25, -0.2) is 10.2 Å². The molecule has 4 aromatic carbocycles. The number of fused-ring (bicyclic) bond motifs is 1. The number of rotatable bonds is 5. The van der Waals surface area contributed by atoms with Crippen LogP contribution in [0, 0.1) is 0 Å². The Hall–Kier alpha value is -3.77. The summed E-state index contributed by atoms with van der Waals surface area (Å²) in [5.41, 5.74) is 4.03. The molecule has 0 unspecified atom stereocenters. The van der Waals surface area contributed by atoms with E-state index in [-0.39, 0.29) is 5.91 Å². The number of benzene rings is 4. The van der Waals surface area contributed by atoms with E-state index in [1.165, 1.54) is 6.21 Å². The first kappa shape index (κ1) is 20.5. The number of ether oxygens (including phenoxy) is 1. The van der Waals surface area contributed by atoms with Crippen LogP contribution in [-0.4, -0.2) is 18.1 Å². The summed E-state index contributed by atoms with van der Waals surface area (Å²) in [6.45, 7) is 0. The summed E-state index contributed by atoms with van der Waals surface area (Å²) in [7, 11) is 0. The number of carbonyl (C=O) groups is 2. The Balaban J connectivity index is 1.63. The molecule has 0 atom stereocenters. The fraction of sp³-hybridized carbons (Fsp3) is 0. The molecule has 0 bridgehead atoms. The molecule has 1 N–H and O–H groups in total. The maximum Gasteiger partial charge on any atom is 0.343 e. The smallest absolute Gasteiger partial charge is 0.343 e. The van der Waals surface area contributed by atoms with Crippen LogP contribution in [0.4, 0.5) is 0 Å². The number of hydrogen-bond donors (Lipinski definition) is 1. The van der Waals surface area contributed by atoms with Crippen LogP contribution in [0.1, 0.15) is 26.3 Å². The first-order valence-electron chi connectivity index (χ1n) is 9.50. The van der Waals surface area contributed by atoms with E-state index >= 15 is 0 Å². The third kappa shape index (κ3) is 4.87. The van der Waals surface area contributed by atoms with Crippen molar-refractivity contribution in [1.82, 2.24) is 5.43 Å². The van der Waals surface area contributed by atoms with Gasteiger partial charge < -0.3 is 4.74 Å². The predicted octanol–water partition coefficient (Wildman–Crippen LogP) is 5.59. The Morgan fingerprint density at radius 2 is 1.58 bits per heavy atom. The van der Waals surface area contributed by atoms with Gasteiger partial charge in [0.2, 0.25) is 0 Å². The second kappa shape index (κ2) is 9.36. The lowest BCUT2D eigenvalue weighted by Crippen LogP contribution is -2.17. The van der Waals surface area contributed by atoms with E-state index in [2.05, 4.69) is 26.5 Å². The molecule has 31 heavy (non-hydrogen) atoms. The Bertz CT molecular complexity index is 1290. The second-order valence-electron chi connectivity index (χ2n) is 6.66. The van der Waals surface area contributed by atoms with Crippen molar-refractivity contribution in [2.75, 3.05) is 0 Å². The molecular weight excluding hydrogens is 456 g/mol. The fourth-order valence-corrected chi connectivity index (χ4v) is 3.48. The van der Waals surface area contributed by atoms with E-state index in [0.29, 0.717) is 22.4 Å². The zero-order valence-electron chi connectivity index (χ0n) is 16.3. The molecule has 0 saturated carbocycles. The van der Waals surface area contributed by atoms with E-state index < -0.39 is 5.97 Å². The molecule has 0 radical (unpaired) electrons. The first-order chi connectivity index (χ1) is 15.1. The largest absolute Gasteiger partial charge is 0.422 e. The average molecular weight is 473 g/mol. The van der Waals surface area contributed by atoms with Gasteiger partial charge in [0.1, 0.15) is 5.75 Å². The number of nitrogens with zero attached hydrogens (tertiary/aromatic N) is 1. The van der Waals surface area contributed by atoms with Crippen LogP contribution >= 0.6 is 15.9 Å². The zero-order chi connectivity index (χ0) is 21.6. The van der Waals surface area contributed by atoms with Gasteiger partial charge in [0.05, 0.1) is 11.8 Å². The summed E-state index contributed by atoms with van der Waals surface area (Å²) in [5, 5.41) is 5.92. The molecule has 6 heteroatoms. The van der Waals surface area contributed by atoms with Crippen molar-refractivity contribution in [2.24, 2.45) is 5.10 Å². The summed E-state index contributed by atoms with van der Waals surface area (Å²) in [4.78, 5) is 24.9. The molecule has 0 spiro atoms. The third-order valence-electron chi connectivity index (χ3n) is 4.59. The molecule has 0 aromatic heterocycles. The van der Waals surface area contributed by atoms with Gasteiger partial charge in [0.25, 0.3) is 5.91 Å². The summed E-state index contributed by atoms with van der Waals surface area (Å²) >= 11 is 3.35. The van der Waals surface area contributed by atoms with Gasteiger partial charge in [-0.15, -0.1) is 0 Å². The zero-order valence-corrected chi connectivity index (χ0v) is 17.9. The van der Waals surface area contributed by atoms with Crippen LogP contribution < -0.4 is 10.2 Å². The number of hydrazone groups is 1. The molecule has 0 fully saturated rings. The molecule has 5 nitrogen and oxygen atoms in total. The molecule has 0 aliphatic carbocycles. The highest BCUT2D eigenvalue weighted by atomic mass is 79.9. The Morgan fingerprint density at radius 1 is 0.839 bits per heavy atom. The summed E-state index contributed by atoms with van der Waals surface area (Å²) in [6.07, 6.45) is 1.49. The van der Waals surface area contributed by atoms with Crippen molar-refractivity contribution in [1.29, 1.82) is 0 Å². The highest BCUT2D eigenvalue weighted by Crippen LogP contribution is 2.27. The standard InChI is InChI=1S/C25H17BrN2O3/c26-20-11-6-10-19(15-20)24(29)28-27-16-22-21-12-5-4-7-17(21)13-14-23(22)31-25(30)18-8-2-1-3-9-18/h1-16H,(H,28,29)/b27-16+. The van der Waals surface area contributed by atoms with Gasteiger partial charge in [0.15, 0.2) is 0 Å². The number of esters is 1. The molecule has 4 aromatic rings. The average Bonchev–Trinajstić information content (AvgIpc) is 2.80. The summed E-state index contributed by atoms with van der Waals surface area (Å²) < 4.78 is 6.45. The summed E-state index contributed by atoms with van der Waals surface area (Å²) in [5.74, 6) is -0.461. The predicted molar refractivity (Wildman–Crippen MR) is 125 cm³/mol. The van der Waals surface area contributed by atoms with Crippen LogP contribution in [-0.2, 0) is 0 Å². The third-order valence-corrected chi connectivity index (χ3v) is 5.08. The number of hydrogen-bond acceptors (Lipinski definition) is 4. The Kier molecular flexibility index (Phi) is 6.19. The molecule has 0 heterocycles. The molecule has 152 valence electrons. The van der Waals surface area contributed by atoms with Gasteiger partial charge in [-0.05, 0) is 47.2 Å². The number of carbonyl (C=O) groups excluding carboxylic acids is 2. The maximum absolute atomic E-state index is 12.6. The van der Waals surface area contributed by atoms with E-state index in [9.17, 15) is 9.59 Å². The number of nitrogens with one attached hydrogen (secondary N) is 1. The van der Waals surface area contributed by atoms with Crippen molar-refractivity contribution in [2.45, 2.75) is 0 Å². The van der Waals surface area contributed by atoms with E-state index in [1.807, 2.05) is 42.5 Å². The molecule has 1 amide bonds. The normalized spacial score (nSPS) is 10.9. The lowest BCUT2D eigenvalue weighted by molar-refractivity contribution is 0.0734. The van der Waals surface area contributed by atoms with Crippen LogP contribution in [0.25, 0.3) is 10.8 Å². The summed E-state index contributed by atoms with van der Waals surface area (Å²) in [6, 6.07) is 27.0. The Labute approximate surface area is 187 Å². The topological polar surface area (TPSA) is 67.8 Å². The van der Waals surface area contributed by atoms with Crippen molar-refractivity contribution in [3.63, 3.8) is 0 Å². The van der Waals surface area contributed by atoms with Crippen molar-refractivity contribution >= 4 is 44.8 Å². The van der Waals surface area contributed by atoms with Crippen LogP contribution in [0.2, 0.25) is 0 Å². The minimum absolute atomic E-state index is 0.347. The van der Waals surface area contributed by atoms with Gasteiger partial charge in [0, 0.05) is 15.6 Å². The quantitative estimate of drug-likeness (QED) is 0.178. The van der Waals surface area contributed by atoms with Crippen molar-refractivity contribution in [3.8, 4) is 5.75 Å². The van der Waals surface area contributed by atoms with E-state index in [1.54, 1.807) is 48.5 Å². The SMILES string of the molecule is O=C(N/N=C/c1c(OC(=O)c2ccccc2)ccc2ccccc12)c1cccc(Br)c1. The van der Waals surface area contributed by atoms with E-state index in [4.69, 9.17) is 4.74 Å². The van der Waals surface area contributed by atoms with Gasteiger partial charge in [-0.3, -0.25) is 4.79 Å². The first-order valence-corrected chi connectivity index (χ1v) is 10.3. The lowest BCUT2D eigenvalue weighted by atomic mass is 10.0. The molecule has 4 rings (SSSR count). The Morgan fingerprint density at radius 3 is 2.39 bits per heavy atom. The monoisotopic (exact) mass is 472 g/mol.